The lowest BCUT2D eigenvalue weighted by Gasteiger charge is -2.06. The predicted octanol–water partition coefficient (Wildman–Crippen LogP) is 4.13. The first-order valence-electron chi connectivity index (χ1n) is 9.42. The second kappa shape index (κ2) is 8.98. The summed E-state index contributed by atoms with van der Waals surface area (Å²) in [6.07, 6.45) is 4.02. The number of anilines is 1. The number of nitro groups is 1. The van der Waals surface area contributed by atoms with Gasteiger partial charge >= 0.3 is 5.69 Å². The highest BCUT2D eigenvalue weighted by Crippen LogP contribution is 2.21. The van der Waals surface area contributed by atoms with Crippen molar-refractivity contribution in [3.63, 3.8) is 0 Å². The van der Waals surface area contributed by atoms with E-state index in [2.05, 4.69) is 15.5 Å². The minimum atomic E-state index is -0.514. The third-order valence-corrected chi connectivity index (χ3v) is 4.91. The minimum Gasteiger partial charge on any atom is -0.304 e. The summed E-state index contributed by atoms with van der Waals surface area (Å²) in [6, 6.07) is 13.0. The molecule has 2 heterocycles. The maximum absolute atomic E-state index is 13.8. The van der Waals surface area contributed by atoms with Crippen LogP contribution in [-0.2, 0) is 13.1 Å². The molecular formula is C21H16ClFN6O3. The number of carbonyl (C=O) groups is 1. The Morgan fingerprint density at radius 3 is 2.53 bits per heavy atom. The summed E-state index contributed by atoms with van der Waals surface area (Å²) >= 11 is 6.17. The van der Waals surface area contributed by atoms with Crippen molar-refractivity contribution >= 4 is 29.0 Å². The lowest BCUT2D eigenvalue weighted by Crippen LogP contribution is -2.13. The summed E-state index contributed by atoms with van der Waals surface area (Å²) in [4.78, 5) is 22.8. The van der Waals surface area contributed by atoms with Crippen molar-refractivity contribution in [1.82, 2.24) is 19.6 Å². The molecule has 0 saturated carbocycles. The van der Waals surface area contributed by atoms with Crippen LogP contribution in [0.5, 0.6) is 0 Å². The topological polar surface area (TPSA) is 108 Å². The monoisotopic (exact) mass is 454 g/mol. The van der Waals surface area contributed by atoms with E-state index in [1.165, 1.54) is 34.0 Å². The first-order chi connectivity index (χ1) is 15.4. The van der Waals surface area contributed by atoms with Crippen LogP contribution in [0.15, 0.2) is 67.1 Å². The van der Waals surface area contributed by atoms with E-state index < -0.39 is 10.8 Å². The van der Waals surface area contributed by atoms with Crippen molar-refractivity contribution < 1.29 is 14.1 Å². The normalized spacial score (nSPS) is 10.8. The van der Waals surface area contributed by atoms with E-state index in [0.29, 0.717) is 17.7 Å². The third kappa shape index (κ3) is 4.81. The van der Waals surface area contributed by atoms with Gasteiger partial charge in [-0.15, -0.1) is 0 Å². The van der Waals surface area contributed by atoms with Gasteiger partial charge in [0.1, 0.15) is 23.2 Å². The molecule has 0 fully saturated rings. The van der Waals surface area contributed by atoms with Crippen LogP contribution in [0.25, 0.3) is 0 Å². The lowest BCUT2D eigenvalue weighted by molar-refractivity contribution is -0.385. The second-order valence-corrected chi connectivity index (χ2v) is 7.33. The van der Waals surface area contributed by atoms with Gasteiger partial charge in [-0.2, -0.15) is 10.2 Å². The van der Waals surface area contributed by atoms with Crippen molar-refractivity contribution in [2.45, 2.75) is 13.1 Å². The first kappa shape index (κ1) is 21.2. The molecule has 0 aliphatic carbocycles. The fraction of sp³-hybridized carbons (Fsp3) is 0.0952. The molecule has 32 heavy (non-hydrogen) atoms. The fourth-order valence-corrected chi connectivity index (χ4v) is 3.22. The molecule has 0 aliphatic rings. The molecule has 1 N–H and O–H groups in total. The molecule has 0 bridgehead atoms. The van der Waals surface area contributed by atoms with Crippen LogP contribution >= 0.6 is 11.6 Å². The Hall–Kier alpha value is -4.05. The van der Waals surface area contributed by atoms with Gasteiger partial charge in [-0.25, -0.2) is 4.39 Å². The Kier molecular flexibility index (Phi) is 5.95. The maximum atomic E-state index is 13.8. The van der Waals surface area contributed by atoms with E-state index in [1.807, 2.05) is 0 Å². The van der Waals surface area contributed by atoms with Crippen LogP contribution in [0.2, 0.25) is 5.02 Å². The summed E-state index contributed by atoms with van der Waals surface area (Å²) in [7, 11) is 0. The Morgan fingerprint density at radius 2 is 1.84 bits per heavy atom. The summed E-state index contributed by atoms with van der Waals surface area (Å²) in [6.45, 7) is 0.491. The van der Waals surface area contributed by atoms with Gasteiger partial charge < -0.3 is 5.32 Å². The second-order valence-electron chi connectivity index (χ2n) is 6.92. The number of benzene rings is 2. The minimum absolute atomic E-state index is 0.0904. The highest BCUT2D eigenvalue weighted by atomic mass is 35.5. The van der Waals surface area contributed by atoms with E-state index in [1.54, 1.807) is 42.5 Å². The highest BCUT2D eigenvalue weighted by molar-refractivity contribution is 6.33. The van der Waals surface area contributed by atoms with Gasteiger partial charge in [0.25, 0.3) is 5.91 Å². The quantitative estimate of drug-likeness (QED) is 0.333. The summed E-state index contributed by atoms with van der Waals surface area (Å²) in [5.41, 5.74) is 1.54. The van der Waals surface area contributed by atoms with E-state index in [0.717, 1.165) is 5.56 Å². The van der Waals surface area contributed by atoms with Gasteiger partial charge in [-0.3, -0.25) is 24.3 Å². The van der Waals surface area contributed by atoms with Gasteiger partial charge in [-0.05, 0) is 23.8 Å². The number of nitrogens with one attached hydrogen (secondary N) is 1. The zero-order valence-corrected chi connectivity index (χ0v) is 17.2. The molecule has 1 amide bonds. The Bertz CT molecular complexity index is 1280. The smallest absolute Gasteiger partial charge is 0.304 e. The van der Waals surface area contributed by atoms with Crippen molar-refractivity contribution in [1.29, 1.82) is 0 Å². The molecule has 2 aromatic carbocycles. The van der Waals surface area contributed by atoms with E-state index in [4.69, 9.17) is 11.6 Å². The molecule has 2 aromatic heterocycles. The van der Waals surface area contributed by atoms with Crippen molar-refractivity contribution in [3.05, 3.63) is 105 Å². The van der Waals surface area contributed by atoms with E-state index >= 15 is 0 Å². The van der Waals surface area contributed by atoms with Crippen LogP contribution in [0, 0.1) is 15.9 Å². The standard InChI is InChI=1S/C21H16ClFN6O3/c22-18-13-28(11-16-3-1-2-4-19(16)23)26-20(18)25-21(30)15-7-5-14(6-8-15)10-27-12-17(9-24-27)29(31)32/h1-9,12-13H,10-11H2,(H,25,26,30). The maximum Gasteiger partial charge on any atom is 0.307 e. The molecule has 9 nitrogen and oxygen atoms in total. The number of halogens is 2. The molecule has 0 aliphatic heterocycles. The van der Waals surface area contributed by atoms with E-state index in [9.17, 15) is 19.3 Å². The average Bonchev–Trinajstić information content (AvgIpc) is 3.37. The van der Waals surface area contributed by atoms with Gasteiger partial charge in [0.2, 0.25) is 0 Å². The Morgan fingerprint density at radius 1 is 1.09 bits per heavy atom. The molecule has 0 saturated heterocycles. The molecule has 4 aromatic rings. The molecule has 162 valence electrons. The Labute approximate surface area is 186 Å². The number of rotatable bonds is 7. The summed E-state index contributed by atoms with van der Waals surface area (Å²) < 4.78 is 16.7. The summed E-state index contributed by atoms with van der Waals surface area (Å²) in [5.74, 6) is -0.597. The van der Waals surface area contributed by atoms with Gasteiger partial charge in [0.05, 0.1) is 18.0 Å². The first-order valence-corrected chi connectivity index (χ1v) is 9.80. The van der Waals surface area contributed by atoms with Crippen molar-refractivity contribution in [3.8, 4) is 0 Å². The average molecular weight is 455 g/mol. The van der Waals surface area contributed by atoms with Crippen LogP contribution in [0.3, 0.4) is 0 Å². The van der Waals surface area contributed by atoms with Crippen LogP contribution in [-0.4, -0.2) is 30.4 Å². The summed E-state index contributed by atoms with van der Waals surface area (Å²) in [5, 5.41) is 21.8. The lowest BCUT2D eigenvalue weighted by atomic mass is 10.1. The number of aromatic nitrogens is 4. The van der Waals surface area contributed by atoms with Crippen molar-refractivity contribution in [2.75, 3.05) is 5.32 Å². The highest BCUT2D eigenvalue weighted by Gasteiger charge is 2.14. The van der Waals surface area contributed by atoms with E-state index in [-0.39, 0.29) is 28.9 Å². The molecular weight excluding hydrogens is 439 g/mol. The molecule has 0 radical (unpaired) electrons. The number of carbonyl (C=O) groups excluding carboxylic acids is 1. The zero-order valence-electron chi connectivity index (χ0n) is 16.5. The Balaban J connectivity index is 1.41. The number of hydrogen-bond acceptors (Lipinski definition) is 5. The van der Waals surface area contributed by atoms with Gasteiger partial charge in [0.15, 0.2) is 5.82 Å². The number of hydrogen-bond donors (Lipinski definition) is 1. The molecule has 0 spiro atoms. The van der Waals surface area contributed by atoms with Crippen LogP contribution in [0.4, 0.5) is 15.9 Å². The predicted molar refractivity (Wildman–Crippen MR) is 115 cm³/mol. The largest absolute Gasteiger partial charge is 0.307 e. The van der Waals surface area contributed by atoms with Crippen LogP contribution in [0.1, 0.15) is 21.5 Å². The fourth-order valence-electron chi connectivity index (χ4n) is 3.03. The van der Waals surface area contributed by atoms with Crippen LogP contribution < -0.4 is 5.32 Å². The third-order valence-electron chi connectivity index (χ3n) is 4.63. The number of nitrogens with zero attached hydrogens (tertiary/aromatic N) is 5. The molecule has 11 heteroatoms. The zero-order chi connectivity index (χ0) is 22.7. The number of amides is 1. The molecule has 4 rings (SSSR count). The molecule has 0 unspecified atom stereocenters. The van der Waals surface area contributed by atoms with Crippen molar-refractivity contribution in [2.24, 2.45) is 0 Å². The van der Waals surface area contributed by atoms with Gasteiger partial charge in [-0.1, -0.05) is 41.9 Å². The SMILES string of the molecule is O=C(Nc1nn(Cc2ccccc2F)cc1Cl)c1ccc(Cn2cc([N+](=O)[O-])cn2)cc1. The van der Waals surface area contributed by atoms with Gasteiger partial charge in [0, 0.05) is 17.3 Å². The molecule has 0 atom stereocenters.